The SMILES string of the molecule is Cc1ccc(N(CC(=O)Nc2ccccc2C(N)=O)S(=O)(=O)c2ccc(F)cc2)cc1. The van der Waals surface area contributed by atoms with E-state index in [-0.39, 0.29) is 21.8 Å². The third kappa shape index (κ3) is 5.07. The highest BCUT2D eigenvalue weighted by molar-refractivity contribution is 7.92. The summed E-state index contributed by atoms with van der Waals surface area (Å²) in [5, 5.41) is 2.53. The van der Waals surface area contributed by atoms with Gasteiger partial charge in [0.2, 0.25) is 5.91 Å². The van der Waals surface area contributed by atoms with E-state index in [4.69, 9.17) is 5.73 Å². The highest BCUT2D eigenvalue weighted by atomic mass is 32.2. The van der Waals surface area contributed by atoms with E-state index in [9.17, 15) is 22.4 Å². The monoisotopic (exact) mass is 441 g/mol. The highest BCUT2D eigenvalue weighted by Gasteiger charge is 2.27. The number of nitrogens with one attached hydrogen (secondary N) is 1. The Hall–Kier alpha value is -3.72. The van der Waals surface area contributed by atoms with Crippen LogP contribution in [0.1, 0.15) is 15.9 Å². The molecule has 7 nitrogen and oxygen atoms in total. The summed E-state index contributed by atoms with van der Waals surface area (Å²) in [6.07, 6.45) is 0. The molecule has 0 aliphatic carbocycles. The summed E-state index contributed by atoms with van der Waals surface area (Å²) in [4.78, 5) is 24.2. The van der Waals surface area contributed by atoms with Crippen LogP contribution >= 0.6 is 0 Å². The van der Waals surface area contributed by atoms with Crippen molar-refractivity contribution in [1.82, 2.24) is 0 Å². The molecule has 9 heteroatoms. The number of carbonyl (C=O) groups excluding carboxylic acids is 2. The van der Waals surface area contributed by atoms with E-state index in [2.05, 4.69) is 5.32 Å². The van der Waals surface area contributed by atoms with Crippen LogP contribution in [0.3, 0.4) is 0 Å². The molecule has 0 unspecified atom stereocenters. The van der Waals surface area contributed by atoms with Crippen molar-refractivity contribution in [3.05, 3.63) is 89.7 Å². The molecule has 0 aliphatic heterocycles. The van der Waals surface area contributed by atoms with Crippen LogP contribution in [0.25, 0.3) is 0 Å². The molecular formula is C22H20FN3O4S. The number of hydrogen-bond acceptors (Lipinski definition) is 4. The lowest BCUT2D eigenvalue weighted by Gasteiger charge is -2.24. The zero-order valence-corrected chi connectivity index (χ0v) is 17.4. The first-order chi connectivity index (χ1) is 14.7. The molecule has 3 N–H and O–H groups in total. The number of nitrogens with zero attached hydrogens (tertiary/aromatic N) is 1. The Labute approximate surface area is 179 Å². The molecule has 0 heterocycles. The maximum Gasteiger partial charge on any atom is 0.264 e. The van der Waals surface area contributed by atoms with Crippen LogP contribution in [0.15, 0.2) is 77.7 Å². The van der Waals surface area contributed by atoms with Crippen molar-refractivity contribution in [3.63, 3.8) is 0 Å². The zero-order valence-electron chi connectivity index (χ0n) is 16.6. The Bertz CT molecular complexity index is 1210. The van der Waals surface area contributed by atoms with Crippen molar-refractivity contribution in [2.24, 2.45) is 5.73 Å². The molecule has 0 fully saturated rings. The molecule has 2 amide bonds. The van der Waals surface area contributed by atoms with Gasteiger partial charge >= 0.3 is 0 Å². The van der Waals surface area contributed by atoms with Gasteiger partial charge in [0.15, 0.2) is 0 Å². The Balaban J connectivity index is 1.96. The minimum atomic E-state index is -4.18. The summed E-state index contributed by atoms with van der Waals surface area (Å²) in [5.74, 6) is -1.99. The van der Waals surface area contributed by atoms with Gasteiger partial charge in [0.1, 0.15) is 12.4 Å². The van der Waals surface area contributed by atoms with Gasteiger partial charge in [-0.05, 0) is 55.5 Å². The van der Waals surface area contributed by atoms with Crippen LogP contribution < -0.4 is 15.4 Å². The van der Waals surface area contributed by atoms with E-state index in [1.54, 1.807) is 36.4 Å². The van der Waals surface area contributed by atoms with Crippen molar-refractivity contribution in [3.8, 4) is 0 Å². The number of anilines is 2. The van der Waals surface area contributed by atoms with Crippen molar-refractivity contribution in [1.29, 1.82) is 0 Å². The molecule has 0 aromatic heterocycles. The number of nitrogens with two attached hydrogens (primary N) is 1. The van der Waals surface area contributed by atoms with Gasteiger partial charge in [-0.2, -0.15) is 0 Å². The summed E-state index contributed by atoms with van der Waals surface area (Å²) < 4.78 is 40.7. The topological polar surface area (TPSA) is 110 Å². The second-order valence-electron chi connectivity index (χ2n) is 6.76. The first-order valence-corrected chi connectivity index (χ1v) is 10.7. The minimum Gasteiger partial charge on any atom is -0.366 e. The number of aryl methyl sites for hydroxylation is 1. The van der Waals surface area contributed by atoms with E-state index < -0.39 is 34.2 Å². The molecule has 0 atom stereocenters. The maximum atomic E-state index is 13.3. The number of rotatable bonds is 7. The number of para-hydroxylation sites is 1. The molecule has 31 heavy (non-hydrogen) atoms. The zero-order chi connectivity index (χ0) is 22.6. The molecular weight excluding hydrogens is 421 g/mol. The molecule has 3 rings (SSSR count). The largest absolute Gasteiger partial charge is 0.366 e. The lowest BCUT2D eigenvalue weighted by molar-refractivity contribution is -0.114. The molecule has 0 aliphatic rings. The molecule has 0 saturated carbocycles. The Morgan fingerprint density at radius 2 is 1.58 bits per heavy atom. The second kappa shape index (κ2) is 8.97. The van der Waals surface area contributed by atoms with E-state index in [1.165, 1.54) is 12.1 Å². The lowest BCUT2D eigenvalue weighted by atomic mass is 10.1. The fourth-order valence-corrected chi connectivity index (χ4v) is 4.31. The number of hydrogen-bond donors (Lipinski definition) is 2. The number of amides is 2. The van der Waals surface area contributed by atoms with Crippen LogP contribution in [-0.4, -0.2) is 26.8 Å². The predicted molar refractivity (Wildman–Crippen MR) is 116 cm³/mol. The third-order valence-electron chi connectivity index (χ3n) is 4.48. The quantitative estimate of drug-likeness (QED) is 0.587. The molecule has 3 aromatic rings. The van der Waals surface area contributed by atoms with E-state index >= 15 is 0 Å². The minimum absolute atomic E-state index is 0.0964. The number of primary amides is 1. The summed E-state index contributed by atoms with van der Waals surface area (Å²) in [7, 11) is -4.18. The van der Waals surface area contributed by atoms with Gasteiger partial charge in [0.25, 0.3) is 15.9 Å². The van der Waals surface area contributed by atoms with Crippen LogP contribution in [0.5, 0.6) is 0 Å². The fourth-order valence-electron chi connectivity index (χ4n) is 2.89. The number of carbonyl (C=O) groups is 2. The van der Waals surface area contributed by atoms with Crippen molar-refractivity contribution < 1.29 is 22.4 Å². The smallest absolute Gasteiger partial charge is 0.264 e. The van der Waals surface area contributed by atoms with E-state index in [0.717, 1.165) is 34.1 Å². The van der Waals surface area contributed by atoms with E-state index in [0.29, 0.717) is 0 Å². The Kier molecular flexibility index (Phi) is 6.36. The van der Waals surface area contributed by atoms with Crippen LogP contribution in [0.2, 0.25) is 0 Å². The number of halogens is 1. The molecule has 160 valence electrons. The van der Waals surface area contributed by atoms with Gasteiger partial charge in [-0.1, -0.05) is 29.8 Å². The summed E-state index contributed by atoms with van der Waals surface area (Å²) in [6, 6.07) is 17.0. The molecule has 0 bridgehead atoms. The summed E-state index contributed by atoms with van der Waals surface area (Å²) in [6.45, 7) is 1.27. The number of benzene rings is 3. The molecule has 3 aromatic carbocycles. The highest BCUT2D eigenvalue weighted by Crippen LogP contribution is 2.25. The first-order valence-electron chi connectivity index (χ1n) is 9.22. The third-order valence-corrected chi connectivity index (χ3v) is 6.27. The van der Waals surface area contributed by atoms with Crippen LogP contribution in [-0.2, 0) is 14.8 Å². The Morgan fingerprint density at radius 3 is 2.19 bits per heavy atom. The fraction of sp³-hybridized carbons (Fsp3) is 0.0909. The van der Waals surface area contributed by atoms with Crippen molar-refractivity contribution >= 4 is 33.2 Å². The van der Waals surface area contributed by atoms with Gasteiger partial charge in [-0.25, -0.2) is 12.8 Å². The van der Waals surface area contributed by atoms with Crippen molar-refractivity contribution in [2.45, 2.75) is 11.8 Å². The number of sulfonamides is 1. The van der Waals surface area contributed by atoms with Gasteiger partial charge in [0.05, 0.1) is 21.8 Å². The normalized spacial score (nSPS) is 11.0. The maximum absolute atomic E-state index is 13.3. The standard InChI is InChI=1S/C22H20FN3O4S/c1-15-6-10-17(11-7-15)26(31(29,30)18-12-8-16(23)9-13-18)14-21(27)25-20-5-3-2-4-19(20)22(24)28/h2-13H,14H2,1H3,(H2,24,28)(H,25,27). The van der Waals surface area contributed by atoms with Gasteiger partial charge in [0, 0.05) is 0 Å². The van der Waals surface area contributed by atoms with E-state index in [1.807, 2.05) is 6.92 Å². The predicted octanol–water partition coefficient (Wildman–Crippen LogP) is 3.07. The van der Waals surface area contributed by atoms with Gasteiger partial charge in [-0.15, -0.1) is 0 Å². The molecule has 0 saturated heterocycles. The summed E-state index contributed by atoms with van der Waals surface area (Å²) in [5.41, 5.74) is 6.76. The van der Waals surface area contributed by atoms with Gasteiger partial charge in [-0.3, -0.25) is 13.9 Å². The van der Waals surface area contributed by atoms with Crippen LogP contribution in [0, 0.1) is 12.7 Å². The van der Waals surface area contributed by atoms with Crippen LogP contribution in [0.4, 0.5) is 15.8 Å². The second-order valence-corrected chi connectivity index (χ2v) is 8.62. The first kappa shape index (κ1) is 22.0. The average molecular weight is 441 g/mol. The molecule has 0 spiro atoms. The Morgan fingerprint density at radius 1 is 0.968 bits per heavy atom. The average Bonchev–Trinajstić information content (AvgIpc) is 2.73. The van der Waals surface area contributed by atoms with Crippen molar-refractivity contribution in [2.75, 3.05) is 16.2 Å². The summed E-state index contributed by atoms with van der Waals surface area (Å²) >= 11 is 0. The van der Waals surface area contributed by atoms with Gasteiger partial charge < -0.3 is 11.1 Å². The molecule has 0 radical (unpaired) electrons. The lowest BCUT2D eigenvalue weighted by Crippen LogP contribution is -2.38.